The van der Waals surface area contributed by atoms with Crippen molar-refractivity contribution in [3.05, 3.63) is 54.5 Å². The van der Waals surface area contributed by atoms with Crippen molar-refractivity contribution in [1.29, 1.82) is 0 Å². The first-order valence-corrected chi connectivity index (χ1v) is 9.98. The van der Waals surface area contributed by atoms with Crippen LogP contribution in [0.1, 0.15) is 5.69 Å². The van der Waals surface area contributed by atoms with E-state index in [1.807, 2.05) is 31.3 Å². The molecular weight excluding hydrogens is 408 g/mol. The molecule has 0 unspecified atom stereocenters. The molecule has 0 atom stereocenters. The zero-order valence-corrected chi connectivity index (χ0v) is 18.1. The number of imidazole rings is 1. The summed E-state index contributed by atoms with van der Waals surface area (Å²) in [6, 6.07) is 11.8. The van der Waals surface area contributed by atoms with Gasteiger partial charge in [0, 0.05) is 40.5 Å². The third-order valence-corrected chi connectivity index (χ3v) is 5.31. The quantitative estimate of drug-likeness (QED) is 0.413. The number of aryl methyl sites for hydroxylation is 1. The van der Waals surface area contributed by atoms with Crippen LogP contribution in [0, 0.1) is 6.92 Å². The lowest BCUT2D eigenvalue weighted by atomic mass is 10.1. The maximum Gasteiger partial charge on any atom is 0.245 e. The second kappa shape index (κ2) is 7.77. The van der Waals surface area contributed by atoms with Gasteiger partial charge in [-0.25, -0.2) is 14.5 Å². The van der Waals surface area contributed by atoms with E-state index >= 15 is 0 Å². The first kappa shape index (κ1) is 19.7. The van der Waals surface area contributed by atoms with E-state index in [0.717, 1.165) is 33.5 Å². The number of methoxy groups -OCH3 is 3. The molecule has 0 fully saturated rings. The zero-order valence-electron chi connectivity index (χ0n) is 18.1. The van der Waals surface area contributed by atoms with E-state index < -0.39 is 0 Å². The van der Waals surface area contributed by atoms with Gasteiger partial charge in [0.15, 0.2) is 17.3 Å². The van der Waals surface area contributed by atoms with Crippen LogP contribution in [-0.4, -0.2) is 45.9 Å². The smallest absolute Gasteiger partial charge is 0.245 e. The maximum atomic E-state index is 5.43. The average molecular weight is 430 g/mol. The molecule has 5 aromatic rings. The number of aromatic amines is 1. The van der Waals surface area contributed by atoms with E-state index in [2.05, 4.69) is 21.4 Å². The Morgan fingerprint density at radius 2 is 1.75 bits per heavy atom. The fraction of sp³-hybridized carbons (Fsp3) is 0.174. The summed E-state index contributed by atoms with van der Waals surface area (Å²) < 4.78 is 18.1. The molecule has 32 heavy (non-hydrogen) atoms. The van der Waals surface area contributed by atoms with Crippen LogP contribution >= 0.6 is 0 Å². The van der Waals surface area contributed by atoms with E-state index in [4.69, 9.17) is 24.3 Å². The molecule has 0 radical (unpaired) electrons. The van der Waals surface area contributed by atoms with Gasteiger partial charge in [0.1, 0.15) is 5.52 Å². The van der Waals surface area contributed by atoms with Gasteiger partial charge in [0.2, 0.25) is 11.7 Å². The molecule has 0 aliphatic carbocycles. The highest BCUT2D eigenvalue weighted by Gasteiger charge is 2.16. The third kappa shape index (κ3) is 3.24. The number of H-pyrrole nitrogens is 1. The molecule has 2 N–H and O–H groups in total. The molecule has 3 aromatic heterocycles. The summed E-state index contributed by atoms with van der Waals surface area (Å²) in [4.78, 5) is 12.4. The Labute approximate surface area is 184 Å². The largest absolute Gasteiger partial charge is 0.493 e. The molecule has 0 saturated carbocycles. The van der Waals surface area contributed by atoms with Crippen molar-refractivity contribution in [2.24, 2.45) is 0 Å². The minimum absolute atomic E-state index is 0.410. The van der Waals surface area contributed by atoms with Crippen molar-refractivity contribution in [2.75, 3.05) is 26.6 Å². The van der Waals surface area contributed by atoms with E-state index in [-0.39, 0.29) is 0 Å². The molecule has 0 amide bonds. The van der Waals surface area contributed by atoms with Crippen molar-refractivity contribution in [1.82, 2.24) is 24.6 Å². The Hall–Kier alpha value is -4.27. The number of anilines is 2. The molecule has 0 aliphatic heterocycles. The predicted octanol–water partition coefficient (Wildman–Crippen LogP) is 4.35. The molecule has 9 heteroatoms. The average Bonchev–Trinajstić information content (AvgIpc) is 3.42. The normalized spacial score (nSPS) is 11.1. The summed E-state index contributed by atoms with van der Waals surface area (Å²) in [6.45, 7) is 1.95. The van der Waals surface area contributed by atoms with Crippen LogP contribution in [0.15, 0.2) is 48.8 Å². The molecule has 0 spiro atoms. The van der Waals surface area contributed by atoms with Crippen molar-refractivity contribution in [3.63, 3.8) is 0 Å². The lowest BCUT2D eigenvalue weighted by Crippen LogP contribution is -2.04. The molecule has 0 aliphatic rings. The van der Waals surface area contributed by atoms with Crippen molar-refractivity contribution >= 4 is 28.1 Å². The molecule has 5 rings (SSSR count). The van der Waals surface area contributed by atoms with Crippen LogP contribution in [-0.2, 0) is 0 Å². The summed E-state index contributed by atoms with van der Waals surface area (Å²) in [5.41, 5.74) is 4.44. The summed E-state index contributed by atoms with van der Waals surface area (Å²) in [7, 11) is 4.72. The number of benzene rings is 2. The third-order valence-electron chi connectivity index (χ3n) is 5.31. The highest BCUT2D eigenvalue weighted by atomic mass is 16.5. The zero-order chi connectivity index (χ0) is 22.2. The van der Waals surface area contributed by atoms with Crippen LogP contribution < -0.4 is 19.5 Å². The van der Waals surface area contributed by atoms with Gasteiger partial charge in [0.05, 0.1) is 33.2 Å². The van der Waals surface area contributed by atoms with Gasteiger partial charge in [-0.1, -0.05) is 0 Å². The molecule has 3 heterocycles. The van der Waals surface area contributed by atoms with Crippen molar-refractivity contribution < 1.29 is 14.2 Å². The number of aromatic nitrogens is 5. The maximum absolute atomic E-state index is 5.43. The molecule has 0 saturated heterocycles. The van der Waals surface area contributed by atoms with Crippen LogP contribution in [0.25, 0.3) is 27.8 Å². The molecular formula is C23H22N6O3. The molecule has 0 bridgehead atoms. The summed E-state index contributed by atoms with van der Waals surface area (Å²) in [5, 5.41) is 9.03. The van der Waals surface area contributed by atoms with Crippen LogP contribution in [0.4, 0.5) is 11.6 Å². The Morgan fingerprint density at radius 1 is 0.969 bits per heavy atom. The fourth-order valence-corrected chi connectivity index (χ4v) is 3.74. The summed E-state index contributed by atoms with van der Waals surface area (Å²) in [5.74, 6) is 2.75. The lowest BCUT2D eigenvalue weighted by molar-refractivity contribution is 0.324. The van der Waals surface area contributed by atoms with Gasteiger partial charge >= 0.3 is 0 Å². The standard InChI is InChI=1S/C23H22N6O3/c1-13-18-12-25-23(27-16-10-19(30-2)21(32-4)20(11-16)31-3)28-29(18)22(26-13)15-5-6-17-14(9-15)7-8-24-17/h5-12,24H,1-4H3,(H,27,28). The van der Waals surface area contributed by atoms with Gasteiger partial charge < -0.3 is 24.5 Å². The molecule has 2 aromatic carbocycles. The molecule has 9 nitrogen and oxygen atoms in total. The van der Waals surface area contributed by atoms with Crippen LogP contribution in [0.3, 0.4) is 0 Å². The van der Waals surface area contributed by atoms with Gasteiger partial charge in [-0.2, -0.15) is 0 Å². The minimum Gasteiger partial charge on any atom is -0.493 e. The Bertz CT molecular complexity index is 1410. The van der Waals surface area contributed by atoms with E-state index in [0.29, 0.717) is 28.9 Å². The fourth-order valence-electron chi connectivity index (χ4n) is 3.74. The Balaban J connectivity index is 1.57. The van der Waals surface area contributed by atoms with Gasteiger partial charge in [0.25, 0.3) is 0 Å². The summed E-state index contributed by atoms with van der Waals surface area (Å²) >= 11 is 0. The Kier molecular flexibility index (Phi) is 4.78. The number of fused-ring (bicyclic) bond motifs is 2. The van der Waals surface area contributed by atoms with E-state index in [1.165, 1.54) is 0 Å². The number of nitrogens with zero attached hydrogens (tertiary/aromatic N) is 4. The number of ether oxygens (including phenoxy) is 3. The Morgan fingerprint density at radius 3 is 2.47 bits per heavy atom. The van der Waals surface area contributed by atoms with Crippen LogP contribution in [0.5, 0.6) is 17.2 Å². The number of rotatable bonds is 6. The molecule has 162 valence electrons. The van der Waals surface area contributed by atoms with E-state index in [1.54, 1.807) is 44.2 Å². The second-order valence-corrected chi connectivity index (χ2v) is 7.22. The van der Waals surface area contributed by atoms with E-state index in [9.17, 15) is 0 Å². The topological polar surface area (TPSA) is 98.6 Å². The predicted molar refractivity (Wildman–Crippen MR) is 122 cm³/mol. The van der Waals surface area contributed by atoms with Crippen molar-refractivity contribution in [3.8, 4) is 28.6 Å². The van der Waals surface area contributed by atoms with Gasteiger partial charge in [-0.05, 0) is 31.2 Å². The highest BCUT2D eigenvalue weighted by molar-refractivity contribution is 5.84. The second-order valence-electron chi connectivity index (χ2n) is 7.22. The number of hydrogen-bond acceptors (Lipinski definition) is 7. The summed E-state index contributed by atoms with van der Waals surface area (Å²) in [6.07, 6.45) is 3.68. The minimum atomic E-state index is 0.410. The first-order valence-electron chi connectivity index (χ1n) is 9.98. The monoisotopic (exact) mass is 430 g/mol. The first-order chi connectivity index (χ1) is 15.6. The SMILES string of the molecule is COc1cc(Nc2ncc3c(C)nc(-c4ccc5[nH]ccc5c4)n3n2)cc(OC)c1OC. The highest BCUT2D eigenvalue weighted by Crippen LogP contribution is 2.40. The lowest BCUT2D eigenvalue weighted by Gasteiger charge is -2.14. The van der Waals surface area contributed by atoms with Gasteiger partial charge in [-0.3, -0.25) is 0 Å². The van der Waals surface area contributed by atoms with Gasteiger partial charge in [-0.15, -0.1) is 5.10 Å². The van der Waals surface area contributed by atoms with Crippen molar-refractivity contribution in [2.45, 2.75) is 6.92 Å². The number of nitrogens with one attached hydrogen (secondary N) is 2. The van der Waals surface area contributed by atoms with Crippen LogP contribution in [0.2, 0.25) is 0 Å². The number of hydrogen-bond donors (Lipinski definition) is 2.